The fourth-order valence-corrected chi connectivity index (χ4v) is 5.10. The number of hydrogen-bond donors (Lipinski definition) is 1. The van der Waals surface area contributed by atoms with Crippen molar-refractivity contribution in [3.63, 3.8) is 0 Å². The minimum atomic E-state index is -3.32. The van der Waals surface area contributed by atoms with E-state index in [2.05, 4.69) is 10.3 Å². The van der Waals surface area contributed by atoms with E-state index in [1.54, 1.807) is 18.2 Å². The second-order valence-electron chi connectivity index (χ2n) is 7.31. The lowest BCUT2D eigenvalue weighted by atomic mass is 10.0. The Balaban J connectivity index is 1.55. The lowest BCUT2D eigenvalue weighted by molar-refractivity contribution is 0.102. The van der Waals surface area contributed by atoms with E-state index in [0.717, 1.165) is 22.7 Å². The number of nitrogens with one attached hydrogen (secondary N) is 1. The van der Waals surface area contributed by atoms with Crippen molar-refractivity contribution in [2.24, 2.45) is 0 Å². The Kier molecular flexibility index (Phi) is 4.96. The molecule has 158 valence electrons. The predicted molar refractivity (Wildman–Crippen MR) is 128 cm³/mol. The summed E-state index contributed by atoms with van der Waals surface area (Å²) in [5.74, 6) is -0.303. The molecule has 5 rings (SSSR count). The number of thiazole rings is 1. The summed E-state index contributed by atoms with van der Waals surface area (Å²) < 4.78 is 24.3. The highest BCUT2D eigenvalue weighted by Gasteiger charge is 2.17. The van der Waals surface area contributed by atoms with Gasteiger partial charge in [0.25, 0.3) is 5.91 Å². The Morgan fingerprint density at radius 1 is 0.875 bits per heavy atom. The van der Waals surface area contributed by atoms with E-state index in [-0.39, 0.29) is 10.8 Å². The summed E-state index contributed by atoms with van der Waals surface area (Å²) in [6, 6.07) is 23.7. The van der Waals surface area contributed by atoms with E-state index in [4.69, 9.17) is 4.98 Å². The highest BCUT2D eigenvalue weighted by Crippen LogP contribution is 2.30. The van der Waals surface area contributed by atoms with Gasteiger partial charge in [0.15, 0.2) is 15.0 Å². The summed E-state index contributed by atoms with van der Waals surface area (Å²) in [6.45, 7) is 0. The Labute approximate surface area is 188 Å². The van der Waals surface area contributed by atoms with Gasteiger partial charge in [0.05, 0.1) is 31.9 Å². The van der Waals surface area contributed by atoms with Crippen LogP contribution in [0.2, 0.25) is 0 Å². The maximum Gasteiger partial charge on any atom is 0.258 e. The predicted octanol–water partition coefficient (Wildman–Crippen LogP) is 5.17. The molecule has 2 aromatic heterocycles. The summed E-state index contributed by atoms with van der Waals surface area (Å²) in [6.07, 6.45) is 1.16. The number of nitrogens with zero attached hydrogens (tertiary/aromatic N) is 2. The number of carbonyl (C=O) groups excluding carboxylic acids is 1. The number of aromatic nitrogens is 2. The molecule has 0 atom stereocenters. The zero-order chi connectivity index (χ0) is 22.3. The molecule has 0 aliphatic carbocycles. The maximum absolute atomic E-state index is 13.2. The molecule has 0 aliphatic heterocycles. The fraction of sp³-hybridized carbons (Fsp3) is 0.0417. The lowest BCUT2D eigenvalue weighted by Crippen LogP contribution is -2.13. The molecule has 0 saturated carbocycles. The van der Waals surface area contributed by atoms with Gasteiger partial charge in [-0.15, -0.1) is 0 Å². The van der Waals surface area contributed by atoms with Gasteiger partial charge in [-0.3, -0.25) is 10.1 Å². The number of fused-ring (bicyclic) bond motifs is 2. The summed E-state index contributed by atoms with van der Waals surface area (Å²) >= 11 is 1.23. The van der Waals surface area contributed by atoms with Gasteiger partial charge in [-0.25, -0.2) is 18.4 Å². The first-order chi connectivity index (χ1) is 15.4. The van der Waals surface area contributed by atoms with Gasteiger partial charge in [0.1, 0.15) is 0 Å². The zero-order valence-electron chi connectivity index (χ0n) is 16.9. The highest BCUT2D eigenvalue weighted by molar-refractivity contribution is 7.90. The first-order valence-electron chi connectivity index (χ1n) is 9.76. The van der Waals surface area contributed by atoms with Crippen LogP contribution in [0.3, 0.4) is 0 Å². The van der Waals surface area contributed by atoms with E-state index in [1.807, 2.05) is 54.6 Å². The molecular weight excluding hydrogens is 442 g/mol. The quantitative estimate of drug-likeness (QED) is 0.401. The molecule has 1 N–H and O–H groups in total. The number of pyridine rings is 1. The van der Waals surface area contributed by atoms with Crippen molar-refractivity contribution in [1.29, 1.82) is 0 Å². The Bertz CT molecular complexity index is 1590. The van der Waals surface area contributed by atoms with Gasteiger partial charge in [-0.05, 0) is 30.3 Å². The molecule has 8 heteroatoms. The molecule has 0 bridgehead atoms. The second kappa shape index (κ2) is 7.81. The molecule has 0 saturated heterocycles. The number of para-hydroxylation sites is 1. The Morgan fingerprint density at radius 2 is 1.62 bits per heavy atom. The van der Waals surface area contributed by atoms with Crippen molar-refractivity contribution >= 4 is 53.3 Å². The SMILES string of the molecule is CS(=O)(=O)c1ccc2nc(NC(=O)c3cc(-c4ccccc4)nc4ccccc34)sc2c1. The van der Waals surface area contributed by atoms with Crippen LogP contribution in [0.1, 0.15) is 10.4 Å². The number of amides is 1. The largest absolute Gasteiger partial charge is 0.298 e. The zero-order valence-corrected chi connectivity index (χ0v) is 18.6. The van der Waals surface area contributed by atoms with Gasteiger partial charge >= 0.3 is 0 Å². The standard InChI is InChI=1S/C24H17N3O3S2/c1-32(29,30)16-11-12-20-22(13-16)31-24(26-20)27-23(28)18-14-21(15-7-3-2-4-8-15)25-19-10-6-5-9-17(18)19/h2-14H,1H3,(H,26,27,28). The number of anilines is 1. The first kappa shape index (κ1) is 20.3. The van der Waals surface area contributed by atoms with Crippen molar-refractivity contribution < 1.29 is 13.2 Å². The van der Waals surface area contributed by atoms with Gasteiger partial charge < -0.3 is 0 Å². The van der Waals surface area contributed by atoms with E-state index >= 15 is 0 Å². The number of benzene rings is 3. The lowest BCUT2D eigenvalue weighted by Gasteiger charge is -2.09. The summed E-state index contributed by atoms with van der Waals surface area (Å²) in [5, 5.41) is 4.01. The van der Waals surface area contributed by atoms with Crippen LogP contribution in [0.5, 0.6) is 0 Å². The third kappa shape index (κ3) is 3.86. The van der Waals surface area contributed by atoms with E-state index in [0.29, 0.717) is 26.6 Å². The van der Waals surface area contributed by atoms with Crippen LogP contribution < -0.4 is 5.32 Å². The van der Waals surface area contributed by atoms with Crippen LogP contribution >= 0.6 is 11.3 Å². The van der Waals surface area contributed by atoms with E-state index in [1.165, 1.54) is 17.4 Å². The average molecular weight is 460 g/mol. The average Bonchev–Trinajstić information content (AvgIpc) is 3.19. The summed E-state index contributed by atoms with van der Waals surface area (Å²) in [5.41, 5.74) is 3.46. The van der Waals surface area contributed by atoms with Gasteiger partial charge in [0.2, 0.25) is 0 Å². The molecule has 0 fully saturated rings. The van der Waals surface area contributed by atoms with Crippen molar-refractivity contribution in [1.82, 2.24) is 9.97 Å². The fourth-order valence-electron chi connectivity index (χ4n) is 3.47. The third-order valence-corrected chi connectivity index (χ3v) is 7.08. The molecule has 5 aromatic rings. The number of rotatable bonds is 4. The van der Waals surface area contributed by atoms with Crippen LogP contribution in [-0.2, 0) is 9.84 Å². The normalized spacial score (nSPS) is 11.7. The molecule has 0 spiro atoms. The number of hydrogen-bond acceptors (Lipinski definition) is 6. The minimum Gasteiger partial charge on any atom is -0.298 e. The van der Waals surface area contributed by atoms with E-state index < -0.39 is 9.84 Å². The van der Waals surface area contributed by atoms with Crippen molar-refractivity contribution in [2.75, 3.05) is 11.6 Å². The third-order valence-electron chi connectivity index (χ3n) is 5.04. The number of carbonyl (C=O) groups is 1. The van der Waals surface area contributed by atoms with Gasteiger partial charge in [-0.1, -0.05) is 59.9 Å². The van der Waals surface area contributed by atoms with Crippen LogP contribution in [-0.4, -0.2) is 30.5 Å². The van der Waals surface area contributed by atoms with E-state index in [9.17, 15) is 13.2 Å². The molecule has 6 nitrogen and oxygen atoms in total. The van der Waals surface area contributed by atoms with Crippen LogP contribution in [0, 0.1) is 0 Å². The van der Waals surface area contributed by atoms with Crippen LogP contribution in [0.15, 0.2) is 83.8 Å². The first-order valence-corrected chi connectivity index (χ1v) is 12.5. The maximum atomic E-state index is 13.2. The van der Waals surface area contributed by atoms with Crippen molar-refractivity contribution in [3.05, 3.63) is 84.4 Å². The van der Waals surface area contributed by atoms with Gasteiger partial charge in [0, 0.05) is 17.2 Å². The van der Waals surface area contributed by atoms with Crippen LogP contribution in [0.4, 0.5) is 5.13 Å². The van der Waals surface area contributed by atoms with Crippen LogP contribution in [0.25, 0.3) is 32.4 Å². The molecule has 3 aromatic carbocycles. The smallest absolute Gasteiger partial charge is 0.258 e. The molecule has 0 aliphatic rings. The molecule has 0 radical (unpaired) electrons. The molecular formula is C24H17N3O3S2. The molecule has 32 heavy (non-hydrogen) atoms. The monoisotopic (exact) mass is 459 g/mol. The Morgan fingerprint density at radius 3 is 2.41 bits per heavy atom. The number of sulfone groups is 1. The van der Waals surface area contributed by atoms with Crippen molar-refractivity contribution in [3.8, 4) is 11.3 Å². The molecule has 0 unspecified atom stereocenters. The Hall–Kier alpha value is -3.62. The molecule has 2 heterocycles. The minimum absolute atomic E-state index is 0.221. The highest BCUT2D eigenvalue weighted by atomic mass is 32.2. The summed E-state index contributed by atoms with van der Waals surface area (Å²) in [4.78, 5) is 22.6. The second-order valence-corrected chi connectivity index (χ2v) is 10.4. The van der Waals surface area contributed by atoms with Gasteiger partial charge in [-0.2, -0.15) is 0 Å². The van der Waals surface area contributed by atoms with Crippen molar-refractivity contribution in [2.45, 2.75) is 4.90 Å². The summed E-state index contributed by atoms with van der Waals surface area (Å²) in [7, 11) is -3.32. The molecule has 1 amide bonds. The topological polar surface area (TPSA) is 89.0 Å².